The number of nitrogens with zero attached hydrogens (tertiary/aromatic N) is 3. The van der Waals surface area contributed by atoms with Crippen molar-refractivity contribution >= 4 is 23.6 Å². The predicted octanol–water partition coefficient (Wildman–Crippen LogP) is 2.49. The van der Waals surface area contributed by atoms with Crippen molar-refractivity contribution in [2.75, 3.05) is 26.7 Å². The van der Waals surface area contributed by atoms with E-state index in [1.54, 1.807) is 40.8 Å². The highest BCUT2D eigenvalue weighted by Gasteiger charge is 2.52. The molecule has 2 aromatic carbocycles. The van der Waals surface area contributed by atoms with Crippen molar-refractivity contribution in [3.63, 3.8) is 0 Å². The summed E-state index contributed by atoms with van der Waals surface area (Å²) in [4.78, 5) is 59.7. The summed E-state index contributed by atoms with van der Waals surface area (Å²) in [5, 5.41) is 5.95. The third-order valence-electron chi connectivity index (χ3n) is 9.24. The van der Waals surface area contributed by atoms with Crippen molar-refractivity contribution < 1.29 is 23.6 Å². The first-order valence-electron chi connectivity index (χ1n) is 15.4. The number of likely N-dealkylation sites (N-methyl/N-ethyl adjacent to an activating group) is 1. The van der Waals surface area contributed by atoms with E-state index in [1.165, 1.54) is 12.1 Å². The average molecular weight is 592 g/mol. The summed E-state index contributed by atoms with van der Waals surface area (Å²) in [5.41, 5.74) is 1.82. The number of piperazine rings is 1. The Labute approximate surface area is 252 Å². The maximum Gasteiger partial charge on any atom is 0.247 e. The van der Waals surface area contributed by atoms with Crippen LogP contribution >= 0.6 is 0 Å². The summed E-state index contributed by atoms with van der Waals surface area (Å²) in [6, 6.07) is 13.8. The molecule has 0 bridgehead atoms. The second-order valence-electron chi connectivity index (χ2n) is 12.0. The van der Waals surface area contributed by atoms with Gasteiger partial charge in [-0.15, -0.1) is 0 Å². The average Bonchev–Trinajstić information content (AvgIpc) is 3.36. The molecule has 3 fully saturated rings. The fourth-order valence-electron chi connectivity index (χ4n) is 6.64. The first-order valence-corrected chi connectivity index (χ1v) is 15.4. The molecular weight excluding hydrogens is 549 g/mol. The Bertz CT molecular complexity index is 1300. The van der Waals surface area contributed by atoms with Gasteiger partial charge in [-0.05, 0) is 62.4 Å². The van der Waals surface area contributed by atoms with Gasteiger partial charge in [0.2, 0.25) is 23.6 Å². The normalized spacial score (nSPS) is 22.3. The van der Waals surface area contributed by atoms with Crippen molar-refractivity contribution in [1.82, 2.24) is 25.3 Å². The zero-order chi connectivity index (χ0) is 30.5. The van der Waals surface area contributed by atoms with E-state index < -0.39 is 24.3 Å². The van der Waals surface area contributed by atoms with Crippen LogP contribution in [0.5, 0.6) is 0 Å². The molecule has 2 N–H and O–H groups in total. The fourth-order valence-corrected chi connectivity index (χ4v) is 6.64. The summed E-state index contributed by atoms with van der Waals surface area (Å²) in [6.45, 7) is 2.17. The Morgan fingerprint density at radius 1 is 0.977 bits per heavy atom. The lowest BCUT2D eigenvalue weighted by molar-refractivity contribution is -0.156. The van der Waals surface area contributed by atoms with Gasteiger partial charge in [0.25, 0.3) is 0 Å². The second kappa shape index (κ2) is 13.7. The van der Waals surface area contributed by atoms with Crippen molar-refractivity contribution in [2.24, 2.45) is 5.92 Å². The lowest BCUT2D eigenvalue weighted by Crippen LogP contribution is -2.66. The van der Waals surface area contributed by atoms with Crippen LogP contribution in [0.25, 0.3) is 0 Å². The van der Waals surface area contributed by atoms with E-state index in [2.05, 4.69) is 10.6 Å². The Morgan fingerprint density at radius 2 is 1.67 bits per heavy atom. The molecular formula is C33H42FN5O4. The van der Waals surface area contributed by atoms with E-state index in [-0.39, 0.29) is 48.5 Å². The van der Waals surface area contributed by atoms with E-state index in [9.17, 15) is 23.6 Å². The molecule has 3 aliphatic rings. The van der Waals surface area contributed by atoms with Crippen LogP contribution in [-0.2, 0) is 32.0 Å². The van der Waals surface area contributed by atoms with E-state index in [4.69, 9.17) is 0 Å². The molecule has 230 valence electrons. The Hall–Kier alpha value is -3.79. The molecule has 0 aromatic heterocycles. The van der Waals surface area contributed by atoms with Gasteiger partial charge in [-0.25, -0.2) is 4.39 Å². The molecule has 5 rings (SSSR count). The highest BCUT2D eigenvalue weighted by molar-refractivity contribution is 5.97. The third-order valence-corrected chi connectivity index (χ3v) is 9.24. The van der Waals surface area contributed by atoms with Crippen molar-refractivity contribution in [2.45, 2.75) is 76.2 Å². The molecule has 0 spiro atoms. The minimum Gasteiger partial charge on any atom is -0.343 e. The third kappa shape index (κ3) is 6.90. The monoisotopic (exact) mass is 591 g/mol. The van der Waals surface area contributed by atoms with Crippen molar-refractivity contribution in [3.8, 4) is 0 Å². The van der Waals surface area contributed by atoms with Gasteiger partial charge in [0.1, 0.15) is 30.6 Å². The highest BCUT2D eigenvalue weighted by atomic mass is 19.1. The second-order valence-corrected chi connectivity index (χ2v) is 12.0. The SMILES string of the molecule is CNC(C)C(=O)N[C@H](C(=O)N1CC(=O)N2[C@@H]1CN(CCc1ccc(F)cc1)C(=O)[C@@H]2Cc1ccccc1)C1CCCCC1. The van der Waals surface area contributed by atoms with E-state index in [0.29, 0.717) is 19.4 Å². The van der Waals surface area contributed by atoms with E-state index >= 15 is 0 Å². The summed E-state index contributed by atoms with van der Waals surface area (Å²) >= 11 is 0. The molecule has 0 radical (unpaired) electrons. The van der Waals surface area contributed by atoms with Gasteiger partial charge in [-0.3, -0.25) is 19.2 Å². The lowest BCUT2D eigenvalue weighted by atomic mass is 9.83. The first kappa shape index (κ1) is 30.7. The molecule has 10 heteroatoms. The maximum absolute atomic E-state index is 14.3. The zero-order valence-corrected chi connectivity index (χ0v) is 25.0. The molecule has 1 aliphatic carbocycles. The van der Waals surface area contributed by atoms with Crippen LogP contribution < -0.4 is 10.6 Å². The van der Waals surface area contributed by atoms with Crippen LogP contribution in [0.2, 0.25) is 0 Å². The number of benzene rings is 2. The van der Waals surface area contributed by atoms with Gasteiger partial charge in [0.05, 0.1) is 12.6 Å². The molecule has 9 nitrogen and oxygen atoms in total. The first-order chi connectivity index (χ1) is 20.8. The molecule has 1 unspecified atom stereocenters. The Morgan fingerprint density at radius 3 is 2.35 bits per heavy atom. The van der Waals surface area contributed by atoms with E-state index in [1.807, 2.05) is 30.3 Å². The molecule has 2 aliphatic heterocycles. The quantitative estimate of drug-likeness (QED) is 0.442. The van der Waals surface area contributed by atoms with Gasteiger partial charge in [-0.1, -0.05) is 61.7 Å². The number of carbonyl (C=O) groups excluding carboxylic acids is 4. The number of carbonyl (C=O) groups is 4. The van der Waals surface area contributed by atoms with Gasteiger partial charge in [0.15, 0.2) is 0 Å². The van der Waals surface area contributed by atoms with Crippen LogP contribution in [0, 0.1) is 11.7 Å². The predicted molar refractivity (Wildman–Crippen MR) is 160 cm³/mol. The number of amides is 4. The van der Waals surface area contributed by atoms with Crippen LogP contribution in [-0.4, -0.2) is 89.3 Å². The smallest absolute Gasteiger partial charge is 0.247 e. The Balaban J connectivity index is 1.42. The molecule has 2 heterocycles. The lowest BCUT2D eigenvalue weighted by Gasteiger charge is -2.45. The maximum atomic E-state index is 14.3. The molecule has 4 atom stereocenters. The van der Waals surface area contributed by atoms with Crippen molar-refractivity contribution in [3.05, 3.63) is 71.5 Å². The largest absolute Gasteiger partial charge is 0.343 e. The zero-order valence-electron chi connectivity index (χ0n) is 25.0. The molecule has 43 heavy (non-hydrogen) atoms. The summed E-state index contributed by atoms with van der Waals surface area (Å²) in [6.07, 6.45) is 4.96. The van der Waals surface area contributed by atoms with Crippen LogP contribution in [0.1, 0.15) is 50.2 Å². The standard InChI is InChI=1S/C33H42FN5O4/c1-22(35-2)31(41)36-30(25-11-7-4-8-12-25)33(43)38-21-29(40)39-27(19-24-9-5-3-6-10-24)32(42)37(20-28(38)39)18-17-23-13-15-26(34)16-14-23/h3,5-6,9-10,13-16,22,25,27-28,30,35H,4,7-8,11-12,17-21H2,1-2H3,(H,36,41)/t22?,27-,28+,30-/m0/s1. The minimum absolute atomic E-state index is 0.0154. The Kier molecular flexibility index (Phi) is 9.75. The number of hydrogen-bond donors (Lipinski definition) is 2. The number of fused-ring (bicyclic) bond motifs is 1. The molecule has 2 saturated heterocycles. The molecule has 2 aromatic rings. The van der Waals surface area contributed by atoms with Crippen LogP contribution in [0.4, 0.5) is 4.39 Å². The minimum atomic E-state index is -0.758. The summed E-state index contributed by atoms with van der Waals surface area (Å²) in [5.74, 6) is -1.28. The summed E-state index contributed by atoms with van der Waals surface area (Å²) < 4.78 is 13.5. The van der Waals surface area contributed by atoms with Crippen molar-refractivity contribution in [1.29, 1.82) is 0 Å². The van der Waals surface area contributed by atoms with Crippen LogP contribution in [0.15, 0.2) is 54.6 Å². The molecule has 4 amide bonds. The number of halogens is 1. The topological polar surface area (TPSA) is 102 Å². The highest BCUT2D eigenvalue weighted by Crippen LogP contribution is 2.32. The fraction of sp³-hybridized carbons (Fsp3) is 0.515. The molecule has 1 saturated carbocycles. The van der Waals surface area contributed by atoms with Gasteiger partial charge >= 0.3 is 0 Å². The van der Waals surface area contributed by atoms with Gasteiger partial charge in [0, 0.05) is 13.0 Å². The number of nitrogens with one attached hydrogen (secondary N) is 2. The van der Waals surface area contributed by atoms with Crippen LogP contribution in [0.3, 0.4) is 0 Å². The van der Waals surface area contributed by atoms with Gasteiger partial charge in [-0.2, -0.15) is 0 Å². The summed E-state index contributed by atoms with van der Waals surface area (Å²) in [7, 11) is 1.70. The number of rotatable bonds is 10. The van der Waals surface area contributed by atoms with E-state index in [0.717, 1.165) is 43.2 Å². The number of hydrogen-bond acceptors (Lipinski definition) is 5. The van der Waals surface area contributed by atoms with Gasteiger partial charge < -0.3 is 25.3 Å².